The van der Waals surface area contributed by atoms with Crippen molar-refractivity contribution in [3.05, 3.63) is 35.9 Å². The molecule has 0 saturated heterocycles. The number of benzene rings is 1. The van der Waals surface area contributed by atoms with E-state index in [1.54, 1.807) is 0 Å². The molecule has 0 amide bonds. The number of hydrogen-bond donors (Lipinski definition) is 3. The molecule has 70 valence electrons. The molecule has 0 heterocycles. The zero-order chi connectivity index (χ0) is 9.68. The van der Waals surface area contributed by atoms with E-state index in [0.717, 1.165) is 11.3 Å². The third-order valence-electron chi connectivity index (χ3n) is 1.56. The third-order valence-corrected chi connectivity index (χ3v) is 1.56. The van der Waals surface area contributed by atoms with Crippen molar-refractivity contribution in [1.29, 1.82) is 0 Å². The predicted octanol–water partition coefficient (Wildman–Crippen LogP) is 0.235. The molecule has 0 aliphatic heterocycles. The molecule has 0 fully saturated rings. The average Bonchev–Trinajstić information content (AvgIpc) is 2.15. The largest absolute Gasteiger partial charge is 0.360 e. The van der Waals surface area contributed by atoms with E-state index in [-0.39, 0.29) is 0 Å². The van der Waals surface area contributed by atoms with E-state index in [1.165, 1.54) is 0 Å². The van der Waals surface area contributed by atoms with Gasteiger partial charge in [0.2, 0.25) is 0 Å². The van der Waals surface area contributed by atoms with Crippen LogP contribution in [0.3, 0.4) is 0 Å². The Balaban J connectivity index is 2.68. The minimum atomic E-state index is -1.11. The summed E-state index contributed by atoms with van der Waals surface area (Å²) in [6.45, 7) is 1.84. The Bertz CT molecular complexity index is 282. The summed E-state index contributed by atoms with van der Waals surface area (Å²) in [5.41, 5.74) is 9.20. The Morgan fingerprint density at radius 3 is 2.62 bits per heavy atom. The van der Waals surface area contributed by atoms with Crippen LogP contribution in [0, 0.1) is 0 Å². The van der Waals surface area contributed by atoms with Gasteiger partial charge in [0.05, 0.1) is 5.71 Å². The molecule has 1 unspecified atom stereocenters. The van der Waals surface area contributed by atoms with Crippen LogP contribution in [0.15, 0.2) is 35.4 Å². The van der Waals surface area contributed by atoms with Gasteiger partial charge in [0.25, 0.3) is 0 Å². The van der Waals surface area contributed by atoms with Crippen molar-refractivity contribution >= 4 is 5.71 Å². The SMILES string of the molecule is C/C(=N/NC(N)O)c1ccccc1. The molecule has 0 spiro atoms. The fraction of sp³-hybridized carbons (Fsp3) is 0.222. The molecule has 4 heteroatoms. The highest BCUT2D eigenvalue weighted by Crippen LogP contribution is 1.99. The van der Waals surface area contributed by atoms with Crippen molar-refractivity contribution in [3.8, 4) is 0 Å². The van der Waals surface area contributed by atoms with Crippen molar-refractivity contribution in [2.24, 2.45) is 10.8 Å². The van der Waals surface area contributed by atoms with Gasteiger partial charge >= 0.3 is 0 Å². The average molecular weight is 179 g/mol. The van der Waals surface area contributed by atoms with Crippen molar-refractivity contribution in [3.63, 3.8) is 0 Å². The number of nitrogens with one attached hydrogen (secondary N) is 1. The number of hydrazone groups is 1. The highest BCUT2D eigenvalue weighted by Gasteiger charge is 1.95. The normalized spacial score (nSPS) is 13.9. The molecule has 0 aliphatic rings. The number of nitrogens with two attached hydrogens (primary N) is 1. The first-order valence-corrected chi connectivity index (χ1v) is 3.99. The Morgan fingerprint density at radius 2 is 2.08 bits per heavy atom. The quantitative estimate of drug-likeness (QED) is 0.353. The third kappa shape index (κ3) is 3.23. The van der Waals surface area contributed by atoms with Crippen LogP contribution in [0.2, 0.25) is 0 Å². The van der Waals surface area contributed by atoms with E-state index in [1.807, 2.05) is 37.3 Å². The van der Waals surface area contributed by atoms with E-state index in [2.05, 4.69) is 10.5 Å². The topological polar surface area (TPSA) is 70.6 Å². The van der Waals surface area contributed by atoms with Gasteiger partial charge in [-0.3, -0.25) is 11.2 Å². The van der Waals surface area contributed by atoms with E-state index in [0.29, 0.717) is 0 Å². The lowest BCUT2D eigenvalue weighted by molar-refractivity contribution is 0.146. The summed E-state index contributed by atoms with van der Waals surface area (Å²) in [5.74, 6) is 0. The minimum absolute atomic E-state index is 0.783. The van der Waals surface area contributed by atoms with Crippen molar-refractivity contribution in [2.45, 2.75) is 13.3 Å². The lowest BCUT2D eigenvalue weighted by atomic mass is 10.1. The van der Waals surface area contributed by atoms with E-state index < -0.39 is 6.35 Å². The fourth-order valence-corrected chi connectivity index (χ4v) is 0.907. The van der Waals surface area contributed by atoms with Crippen LogP contribution in [-0.4, -0.2) is 17.2 Å². The van der Waals surface area contributed by atoms with Gasteiger partial charge in [-0.25, -0.2) is 0 Å². The number of nitrogens with zero attached hydrogens (tertiary/aromatic N) is 1. The van der Waals surface area contributed by atoms with Crippen LogP contribution in [0.1, 0.15) is 12.5 Å². The minimum Gasteiger partial charge on any atom is -0.360 e. The van der Waals surface area contributed by atoms with Gasteiger partial charge in [-0.1, -0.05) is 30.3 Å². The second-order valence-corrected chi connectivity index (χ2v) is 2.64. The predicted molar refractivity (Wildman–Crippen MR) is 52.0 cm³/mol. The molecule has 1 aromatic carbocycles. The highest BCUT2D eigenvalue weighted by molar-refractivity contribution is 5.98. The molecule has 0 aliphatic carbocycles. The molecule has 0 radical (unpaired) electrons. The van der Waals surface area contributed by atoms with Crippen molar-refractivity contribution in [2.75, 3.05) is 0 Å². The Labute approximate surface area is 77.1 Å². The van der Waals surface area contributed by atoms with Crippen molar-refractivity contribution < 1.29 is 5.11 Å². The summed E-state index contributed by atoms with van der Waals surface area (Å²) in [5, 5.41) is 12.6. The first kappa shape index (κ1) is 9.70. The van der Waals surface area contributed by atoms with Gasteiger partial charge in [0.15, 0.2) is 6.35 Å². The van der Waals surface area contributed by atoms with Gasteiger partial charge < -0.3 is 5.11 Å². The molecule has 4 N–H and O–H groups in total. The maximum absolute atomic E-state index is 8.71. The summed E-state index contributed by atoms with van der Waals surface area (Å²) in [4.78, 5) is 0. The lowest BCUT2D eigenvalue weighted by Crippen LogP contribution is -2.33. The molecular formula is C9H13N3O. The van der Waals surface area contributed by atoms with E-state index in [4.69, 9.17) is 10.8 Å². The van der Waals surface area contributed by atoms with E-state index >= 15 is 0 Å². The van der Waals surface area contributed by atoms with Crippen LogP contribution >= 0.6 is 0 Å². The summed E-state index contributed by atoms with van der Waals surface area (Å²) < 4.78 is 0. The van der Waals surface area contributed by atoms with E-state index in [9.17, 15) is 0 Å². The number of hydrogen-bond acceptors (Lipinski definition) is 4. The Hall–Kier alpha value is -1.39. The first-order valence-electron chi connectivity index (χ1n) is 3.99. The molecule has 1 atom stereocenters. The van der Waals surface area contributed by atoms with Gasteiger partial charge in [-0.2, -0.15) is 5.10 Å². The molecule has 0 bridgehead atoms. The fourth-order valence-electron chi connectivity index (χ4n) is 0.907. The zero-order valence-electron chi connectivity index (χ0n) is 7.44. The molecule has 1 aromatic rings. The van der Waals surface area contributed by atoms with Crippen LogP contribution in [-0.2, 0) is 0 Å². The van der Waals surface area contributed by atoms with Crippen LogP contribution in [0.5, 0.6) is 0 Å². The monoisotopic (exact) mass is 179 g/mol. The van der Waals surface area contributed by atoms with Crippen LogP contribution < -0.4 is 11.2 Å². The number of aliphatic hydroxyl groups excluding tert-OH is 1. The molecule has 0 aromatic heterocycles. The van der Waals surface area contributed by atoms with Crippen LogP contribution in [0.4, 0.5) is 0 Å². The summed E-state index contributed by atoms with van der Waals surface area (Å²) in [6, 6.07) is 9.65. The summed E-state index contributed by atoms with van der Waals surface area (Å²) in [7, 11) is 0. The smallest absolute Gasteiger partial charge is 0.193 e. The lowest BCUT2D eigenvalue weighted by Gasteiger charge is -2.04. The summed E-state index contributed by atoms with van der Waals surface area (Å²) >= 11 is 0. The molecule has 0 saturated carbocycles. The van der Waals surface area contributed by atoms with Gasteiger partial charge in [0, 0.05) is 0 Å². The van der Waals surface area contributed by atoms with Crippen molar-refractivity contribution in [1.82, 2.24) is 5.43 Å². The standard InChI is InChI=1S/C9H13N3O/c1-7(11-12-9(10)13)8-5-3-2-4-6-8/h2-6,9,12-13H,10H2,1H3/b11-7-. The second-order valence-electron chi connectivity index (χ2n) is 2.64. The Kier molecular flexibility index (Phi) is 3.42. The molecular weight excluding hydrogens is 166 g/mol. The van der Waals surface area contributed by atoms with Gasteiger partial charge in [0.1, 0.15) is 0 Å². The maximum Gasteiger partial charge on any atom is 0.193 e. The van der Waals surface area contributed by atoms with Crippen LogP contribution in [0.25, 0.3) is 0 Å². The maximum atomic E-state index is 8.71. The Morgan fingerprint density at radius 1 is 1.46 bits per heavy atom. The molecule has 1 rings (SSSR count). The zero-order valence-corrected chi connectivity index (χ0v) is 7.44. The number of rotatable bonds is 3. The summed E-state index contributed by atoms with van der Waals surface area (Å²) in [6.07, 6.45) is -1.11. The van der Waals surface area contributed by atoms with Gasteiger partial charge in [-0.15, -0.1) is 0 Å². The number of aliphatic hydroxyl groups is 1. The van der Waals surface area contributed by atoms with Gasteiger partial charge in [-0.05, 0) is 12.5 Å². The highest BCUT2D eigenvalue weighted by atomic mass is 16.3. The molecule has 4 nitrogen and oxygen atoms in total. The first-order chi connectivity index (χ1) is 6.20. The molecule has 13 heavy (non-hydrogen) atoms. The second kappa shape index (κ2) is 4.59.